The van der Waals surface area contributed by atoms with Gasteiger partial charge in [-0.3, -0.25) is 28.8 Å². The van der Waals surface area contributed by atoms with E-state index in [1.54, 1.807) is 47.4 Å². The Balaban J connectivity index is 1.10. The predicted molar refractivity (Wildman–Crippen MR) is 278 cm³/mol. The SMILES string of the molecule is C=C(/C=C\C=C/C)[C@@H](COCCCCCCOC[C@@H](NC(=O)[C@H]1N2C(=O)[C@@H](NC(=O)CNC)CCS[C@H]2CC1(C)C)c1ccccc1)NC(=O)[C@H]1N2C(=O)CC(C[C@H](NC)C(N)=O)CS[C@H]2CC1(C)C. The van der Waals surface area contributed by atoms with Crippen molar-refractivity contribution in [3.05, 3.63) is 72.4 Å². The summed E-state index contributed by atoms with van der Waals surface area (Å²) in [4.78, 5) is 84.4. The largest absolute Gasteiger partial charge is 0.379 e. The first-order valence-electron chi connectivity index (χ1n) is 25.0. The Kier molecular flexibility index (Phi) is 21.9. The normalized spacial score (nSPS) is 25.4. The number of benzene rings is 1. The van der Waals surface area contributed by atoms with Gasteiger partial charge in [-0.05, 0) is 98.9 Å². The molecule has 16 nitrogen and oxygen atoms in total. The number of primary amides is 1. The van der Waals surface area contributed by atoms with Crippen LogP contribution < -0.4 is 32.3 Å². The number of allylic oxidation sites excluding steroid dienone is 3. The van der Waals surface area contributed by atoms with E-state index in [2.05, 4.69) is 33.2 Å². The zero-order valence-corrected chi connectivity index (χ0v) is 44.1. The van der Waals surface area contributed by atoms with Gasteiger partial charge in [0.05, 0.1) is 48.6 Å². The van der Waals surface area contributed by atoms with Crippen molar-refractivity contribution in [1.82, 2.24) is 36.4 Å². The molecule has 7 N–H and O–H groups in total. The molecule has 4 heterocycles. The van der Waals surface area contributed by atoms with Gasteiger partial charge < -0.3 is 51.6 Å². The molecule has 6 amide bonds. The maximum Gasteiger partial charge on any atom is 0.246 e. The molecule has 0 aliphatic carbocycles. The highest BCUT2D eigenvalue weighted by Gasteiger charge is 2.55. The van der Waals surface area contributed by atoms with Crippen molar-refractivity contribution in [3.8, 4) is 0 Å². The van der Waals surface area contributed by atoms with Gasteiger partial charge in [-0.1, -0.05) is 102 Å². The molecule has 4 saturated heterocycles. The molecule has 0 radical (unpaired) electrons. The third kappa shape index (κ3) is 15.4. The van der Waals surface area contributed by atoms with Gasteiger partial charge in [0.1, 0.15) is 18.1 Å². The van der Waals surface area contributed by atoms with E-state index < -0.39 is 53.0 Å². The Labute approximate surface area is 424 Å². The molecule has 4 aliphatic heterocycles. The number of ether oxygens (including phenoxy) is 2. The van der Waals surface area contributed by atoms with Crippen LogP contribution in [0.2, 0.25) is 0 Å². The van der Waals surface area contributed by atoms with Crippen LogP contribution in [0, 0.1) is 16.7 Å². The van der Waals surface area contributed by atoms with Crippen LogP contribution in [0.4, 0.5) is 0 Å². The Hall–Kier alpha value is -4.20. The topological polar surface area (TPSA) is 214 Å². The molecule has 1 unspecified atom stereocenters. The second-order valence-corrected chi connectivity index (χ2v) is 22.9. The minimum atomic E-state index is -0.716. The summed E-state index contributed by atoms with van der Waals surface area (Å²) < 4.78 is 12.4. The van der Waals surface area contributed by atoms with Crippen molar-refractivity contribution in [1.29, 1.82) is 0 Å². The molecule has 0 bridgehead atoms. The molecular formula is C52H80N8O8S2. The van der Waals surface area contributed by atoms with E-state index in [0.29, 0.717) is 56.0 Å². The summed E-state index contributed by atoms with van der Waals surface area (Å²) in [5.74, 6) is -0.133. The quantitative estimate of drug-likeness (QED) is 0.0557. The van der Waals surface area contributed by atoms with Gasteiger partial charge in [-0.25, -0.2) is 0 Å². The van der Waals surface area contributed by atoms with E-state index in [0.717, 1.165) is 31.2 Å². The number of nitrogens with zero attached hydrogens (tertiary/aromatic N) is 2. The highest BCUT2D eigenvalue weighted by Crippen LogP contribution is 2.48. The van der Waals surface area contributed by atoms with Crippen LogP contribution >= 0.6 is 23.5 Å². The smallest absolute Gasteiger partial charge is 0.246 e. The van der Waals surface area contributed by atoms with Gasteiger partial charge in [0.25, 0.3) is 0 Å². The Bertz CT molecular complexity index is 2020. The number of unbranched alkanes of at least 4 members (excludes halogenated alkanes) is 3. The van der Waals surface area contributed by atoms with Crippen molar-refractivity contribution in [2.45, 2.75) is 139 Å². The molecule has 0 saturated carbocycles. The van der Waals surface area contributed by atoms with Gasteiger partial charge in [-0.15, -0.1) is 23.5 Å². The first kappa shape index (κ1) is 56.7. The number of hydrogen-bond acceptors (Lipinski definition) is 12. The van der Waals surface area contributed by atoms with Crippen LogP contribution in [0.5, 0.6) is 0 Å². The Morgan fingerprint density at radius 3 is 2.11 bits per heavy atom. The number of hydrogen-bond donors (Lipinski definition) is 6. The average molecular weight is 1010 g/mol. The lowest BCUT2D eigenvalue weighted by Gasteiger charge is -2.35. The first-order chi connectivity index (χ1) is 33.4. The summed E-state index contributed by atoms with van der Waals surface area (Å²) in [5, 5.41) is 14.8. The molecule has 1 aromatic rings. The average Bonchev–Trinajstić information content (AvgIpc) is 3.63. The summed E-state index contributed by atoms with van der Waals surface area (Å²) in [6, 6.07) is 6.16. The van der Waals surface area contributed by atoms with Crippen LogP contribution in [0.1, 0.15) is 104 Å². The highest BCUT2D eigenvalue weighted by atomic mass is 32.2. The minimum Gasteiger partial charge on any atom is -0.379 e. The van der Waals surface area contributed by atoms with Crippen LogP contribution in [-0.4, -0.2) is 145 Å². The lowest BCUT2D eigenvalue weighted by Crippen LogP contribution is -2.57. The molecule has 0 spiro atoms. The fourth-order valence-electron chi connectivity index (χ4n) is 10.1. The predicted octanol–water partition coefficient (Wildman–Crippen LogP) is 4.57. The number of nitrogens with one attached hydrogen (secondary N) is 5. The van der Waals surface area contributed by atoms with E-state index in [4.69, 9.17) is 15.2 Å². The Morgan fingerprint density at radius 1 is 0.857 bits per heavy atom. The number of thioether (sulfide) groups is 2. The number of carbonyl (C=O) groups excluding carboxylic acids is 6. The second kappa shape index (κ2) is 27.0. The molecule has 0 aromatic heterocycles. The van der Waals surface area contributed by atoms with E-state index >= 15 is 0 Å². The number of likely N-dealkylation sites (N-methyl/N-ethyl adjacent to an activating group) is 2. The van der Waals surface area contributed by atoms with E-state index in [1.807, 2.05) is 89.3 Å². The molecule has 18 heteroatoms. The first-order valence-corrected chi connectivity index (χ1v) is 27.1. The van der Waals surface area contributed by atoms with E-state index in [9.17, 15) is 28.8 Å². The number of nitrogens with two attached hydrogens (primary N) is 1. The number of rotatable bonds is 26. The molecule has 4 aliphatic rings. The zero-order chi connectivity index (χ0) is 51.0. The van der Waals surface area contributed by atoms with Crippen molar-refractivity contribution in [2.75, 3.05) is 58.6 Å². The lowest BCUT2D eigenvalue weighted by molar-refractivity contribution is -0.144. The van der Waals surface area contributed by atoms with Gasteiger partial charge in [0.2, 0.25) is 35.4 Å². The van der Waals surface area contributed by atoms with Crippen LogP contribution in [-0.2, 0) is 38.2 Å². The van der Waals surface area contributed by atoms with E-state index in [-0.39, 0.29) is 72.4 Å². The maximum absolute atomic E-state index is 14.3. The third-order valence-electron chi connectivity index (χ3n) is 13.8. The van der Waals surface area contributed by atoms with Gasteiger partial charge >= 0.3 is 0 Å². The summed E-state index contributed by atoms with van der Waals surface area (Å²) >= 11 is 3.34. The van der Waals surface area contributed by atoms with Crippen molar-refractivity contribution in [2.24, 2.45) is 22.5 Å². The lowest BCUT2D eigenvalue weighted by atomic mass is 9.83. The van der Waals surface area contributed by atoms with Crippen LogP contribution in [0.25, 0.3) is 0 Å². The fourth-order valence-corrected chi connectivity index (χ4v) is 13.4. The molecule has 70 heavy (non-hydrogen) atoms. The number of amides is 6. The van der Waals surface area contributed by atoms with Gasteiger partial charge in [0, 0.05) is 19.6 Å². The third-order valence-corrected chi connectivity index (χ3v) is 16.5. The van der Waals surface area contributed by atoms with Gasteiger partial charge in [-0.2, -0.15) is 0 Å². The van der Waals surface area contributed by atoms with Gasteiger partial charge in [0.15, 0.2) is 0 Å². The molecule has 5 rings (SSSR count). The summed E-state index contributed by atoms with van der Waals surface area (Å²) in [6.45, 7) is 15.9. The zero-order valence-electron chi connectivity index (χ0n) is 42.5. The molecule has 388 valence electrons. The number of carbonyl (C=O) groups is 6. The molecular weight excluding hydrogens is 929 g/mol. The second-order valence-electron chi connectivity index (χ2n) is 20.4. The fraction of sp³-hybridized carbons (Fsp3) is 0.654. The summed E-state index contributed by atoms with van der Waals surface area (Å²) in [7, 11) is 3.37. The molecule has 4 fully saturated rings. The van der Waals surface area contributed by atoms with Crippen molar-refractivity contribution in [3.63, 3.8) is 0 Å². The molecule has 1 aromatic carbocycles. The van der Waals surface area contributed by atoms with Crippen LogP contribution in [0.15, 0.2) is 66.8 Å². The minimum absolute atomic E-state index is 0.0462. The Morgan fingerprint density at radius 2 is 1.49 bits per heavy atom. The summed E-state index contributed by atoms with van der Waals surface area (Å²) in [6.07, 6.45) is 13.5. The van der Waals surface area contributed by atoms with Crippen LogP contribution in [0.3, 0.4) is 0 Å². The maximum atomic E-state index is 14.3. The van der Waals surface area contributed by atoms with Crippen molar-refractivity contribution >= 4 is 59.0 Å². The number of fused-ring (bicyclic) bond motifs is 2. The standard InChI is InChI=1S/C52H80N8O8S2/c1-9-10-14-19-34(2)39(57-48(64)45-51(3,4)28-43-59(45)42(62)27-35(33-70-43)26-38(55-8)47(53)63)31-67-23-17-11-12-18-24-68-32-40(36-20-15-13-16-21-36)58-49(65)46-52(5,6)29-44-60(46)50(66)37(22-25-69-44)56-41(61)30-54-7/h9-10,13-16,19-21,35,37-40,43-46,54-55H,2,11-12,17-18,22-33H2,1,3-8H3,(H2,53,63)(H,56,61)(H,57,64)(H,58,65)/b10-9-,19-14-/t35?,37-,38-,39+,40+,43-,44-,45+,46+/m0/s1. The summed E-state index contributed by atoms with van der Waals surface area (Å²) in [5.41, 5.74) is 6.22. The molecule has 9 atom stereocenters. The monoisotopic (exact) mass is 1010 g/mol. The highest BCUT2D eigenvalue weighted by molar-refractivity contribution is 8.00. The van der Waals surface area contributed by atoms with Crippen molar-refractivity contribution < 1.29 is 38.2 Å². The van der Waals surface area contributed by atoms with E-state index in [1.165, 1.54) is 0 Å².